The van der Waals surface area contributed by atoms with E-state index in [0.717, 1.165) is 22.2 Å². The summed E-state index contributed by atoms with van der Waals surface area (Å²) < 4.78 is 6.72. The number of nitrogens with zero attached hydrogens (tertiary/aromatic N) is 4. The summed E-state index contributed by atoms with van der Waals surface area (Å²) in [5.74, 6) is 1.47. The number of hydrogen-bond donors (Lipinski definition) is 0. The van der Waals surface area contributed by atoms with Crippen LogP contribution in [-0.4, -0.2) is 27.3 Å². The maximum absolute atomic E-state index is 6.14. The van der Waals surface area contributed by atoms with Crippen molar-refractivity contribution in [3.8, 4) is 5.75 Å². The molecule has 0 saturated carbocycles. The Kier molecular flexibility index (Phi) is 3.86. The van der Waals surface area contributed by atoms with Crippen LogP contribution in [0.3, 0.4) is 0 Å². The molecule has 0 spiro atoms. The van der Waals surface area contributed by atoms with E-state index in [4.69, 9.17) is 16.3 Å². The van der Waals surface area contributed by atoms with Gasteiger partial charge in [0.2, 0.25) is 5.16 Å². The molecule has 0 aliphatic carbocycles. The van der Waals surface area contributed by atoms with Crippen molar-refractivity contribution in [2.24, 2.45) is 7.05 Å². The summed E-state index contributed by atoms with van der Waals surface area (Å²) in [6, 6.07) is 5.63. The highest BCUT2D eigenvalue weighted by atomic mass is 35.5. The van der Waals surface area contributed by atoms with Gasteiger partial charge in [0.1, 0.15) is 5.75 Å². The summed E-state index contributed by atoms with van der Waals surface area (Å²) in [5, 5.41) is 12.7. The van der Waals surface area contributed by atoms with Crippen LogP contribution in [0, 0.1) is 0 Å². The van der Waals surface area contributed by atoms with Gasteiger partial charge >= 0.3 is 0 Å². The van der Waals surface area contributed by atoms with Crippen LogP contribution in [-0.2, 0) is 12.8 Å². The Balaban J connectivity index is 2.07. The average molecular weight is 271 g/mol. The Morgan fingerprint density at radius 2 is 2.29 bits per heavy atom. The number of ether oxygens (including phenoxy) is 1. The quantitative estimate of drug-likeness (QED) is 0.797. The Morgan fingerprint density at radius 3 is 2.88 bits per heavy atom. The van der Waals surface area contributed by atoms with E-state index in [1.165, 1.54) is 11.8 Å². The second kappa shape index (κ2) is 5.37. The summed E-state index contributed by atoms with van der Waals surface area (Å²) in [6.45, 7) is 0. The first-order valence-electron chi connectivity index (χ1n) is 4.88. The predicted octanol–water partition coefficient (Wildman–Crippen LogP) is 2.16. The van der Waals surface area contributed by atoms with Gasteiger partial charge in [0.15, 0.2) is 0 Å². The van der Waals surface area contributed by atoms with E-state index in [1.54, 1.807) is 24.9 Å². The number of rotatable bonds is 4. The van der Waals surface area contributed by atoms with Crippen molar-refractivity contribution in [3.63, 3.8) is 0 Å². The topological polar surface area (TPSA) is 52.8 Å². The van der Waals surface area contributed by atoms with Crippen LogP contribution in [0.5, 0.6) is 5.75 Å². The fourth-order valence-electron chi connectivity index (χ4n) is 1.26. The molecule has 0 fully saturated rings. The lowest BCUT2D eigenvalue weighted by atomic mass is 10.2. The van der Waals surface area contributed by atoms with Crippen LogP contribution < -0.4 is 4.74 Å². The van der Waals surface area contributed by atoms with Crippen molar-refractivity contribution in [3.05, 3.63) is 28.8 Å². The SMILES string of the molecule is COc1ccc(CSc2nnnn2C)c(Cl)c1. The lowest BCUT2D eigenvalue weighted by Gasteiger charge is -2.05. The van der Waals surface area contributed by atoms with Crippen LogP contribution in [0.15, 0.2) is 23.4 Å². The fourth-order valence-corrected chi connectivity index (χ4v) is 2.43. The number of aryl methyl sites for hydroxylation is 1. The first kappa shape index (κ1) is 12.2. The highest BCUT2D eigenvalue weighted by Gasteiger charge is 2.06. The van der Waals surface area contributed by atoms with Gasteiger partial charge in [-0.25, -0.2) is 4.68 Å². The smallest absolute Gasteiger partial charge is 0.209 e. The van der Waals surface area contributed by atoms with Gasteiger partial charge in [0.25, 0.3) is 0 Å². The lowest BCUT2D eigenvalue weighted by Crippen LogP contribution is -1.93. The summed E-state index contributed by atoms with van der Waals surface area (Å²) in [7, 11) is 3.42. The van der Waals surface area contributed by atoms with Gasteiger partial charge < -0.3 is 4.74 Å². The zero-order valence-electron chi connectivity index (χ0n) is 9.42. The van der Waals surface area contributed by atoms with Crippen molar-refractivity contribution >= 4 is 23.4 Å². The highest BCUT2D eigenvalue weighted by Crippen LogP contribution is 2.27. The summed E-state index contributed by atoms with van der Waals surface area (Å²) in [4.78, 5) is 0. The molecule has 1 aromatic carbocycles. The van der Waals surface area contributed by atoms with Gasteiger partial charge in [0, 0.05) is 17.8 Å². The molecule has 1 aromatic heterocycles. The molecule has 90 valence electrons. The normalized spacial score (nSPS) is 10.5. The molecule has 0 aliphatic rings. The largest absolute Gasteiger partial charge is 0.497 e. The summed E-state index contributed by atoms with van der Waals surface area (Å²) in [5.41, 5.74) is 1.03. The van der Waals surface area contributed by atoms with Crippen LogP contribution in [0.2, 0.25) is 5.02 Å². The van der Waals surface area contributed by atoms with E-state index >= 15 is 0 Å². The van der Waals surface area contributed by atoms with Gasteiger partial charge in [-0.1, -0.05) is 29.4 Å². The van der Waals surface area contributed by atoms with Crippen molar-refractivity contribution in [1.82, 2.24) is 20.2 Å². The second-order valence-electron chi connectivity index (χ2n) is 3.33. The molecular formula is C10H11ClN4OS. The number of methoxy groups -OCH3 is 1. The number of hydrogen-bond acceptors (Lipinski definition) is 5. The zero-order chi connectivity index (χ0) is 12.3. The minimum absolute atomic E-state index is 0.687. The lowest BCUT2D eigenvalue weighted by molar-refractivity contribution is 0.414. The monoisotopic (exact) mass is 270 g/mol. The van der Waals surface area contributed by atoms with Crippen LogP contribution >= 0.6 is 23.4 Å². The minimum Gasteiger partial charge on any atom is -0.497 e. The third kappa shape index (κ3) is 2.89. The molecule has 2 aromatic rings. The molecule has 0 N–H and O–H groups in total. The molecule has 17 heavy (non-hydrogen) atoms. The molecule has 0 bridgehead atoms. The van der Waals surface area contributed by atoms with Gasteiger partial charge in [-0.2, -0.15) is 0 Å². The molecule has 0 unspecified atom stereocenters. The van der Waals surface area contributed by atoms with Crippen LogP contribution in [0.25, 0.3) is 0 Å². The number of benzene rings is 1. The van der Waals surface area contributed by atoms with E-state index in [0.29, 0.717) is 5.02 Å². The highest BCUT2D eigenvalue weighted by molar-refractivity contribution is 7.98. The van der Waals surface area contributed by atoms with Gasteiger partial charge in [0.05, 0.1) is 7.11 Å². The number of thioether (sulfide) groups is 1. The van der Waals surface area contributed by atoms with E-state index in [2.05, 4.69) is 15.5 Å². The Labute approximate surface area is 108 Å². The first-order chi connectivity index (χ1) is 8.20. The number of aromatic nitrogens is 4. The van der Waals surface area contributed by atoms with Gasteiger partial charge in [-0.3, -0.25) is 0 Å². The predicted molar refractivity (Wildman–Crippen MR) is 66.4 cm³/mol. The van der Waals surface area contributed by atoms with E-state index < -0.39 is 0 Å². The minimum atomic E-state index is 0.687. The van der Waals surface area contributed by atoms with Crippen LogP contribution in [0.1, 0.15) is 5.56 Å². The Bertz CT molecular complexity index is 517. The average Bonchev–Trinajstić information content (AvgIpc) is 2.73. The zero-order valence-corrected chi connectivity index (χ0v) is 11.0. The van der Waals surface area contributed by atoms with E-state index in [-0.39, 0.29) is 0 Å². The molecule has 0 saturated heterocycles. The van der Waals surface area contributed by atoms with Crippen molar-refractivity contribution in [1.29, 1.82) is 0 Å². The maximum Gasteiger partial charge on any atom is 0.209 e. The molecule has 0 atom stereocenters. The molecule has 2 rings (SSSR count). The molecule has 0 aliphatic heterocycles. The second-order valence-corrected chi connectivity index (χ2v) is 4.68. The van der Waals surface area contributed by atoms with E-state index in [1.807, 2.05) is 12.1 Å². The number of halogens is 1. The molecule has 5 nitrogen and oxygen atoms in total. The summed E-state index contributed by atoms with van der Waals surface area (Å²) in [6.07, 6.45) is 0. The Hall–Kier alpha value is -1.27. The van der Waals surface area contributed by atoms with Gasteiger partial charge in [-0.05, 0) is 28.1 Å². The van der Waals surface area contributed by atoms with Crippen molar-refractivity contribution in [2.75, 3.05) is 7.11 Å². The standard InChI is InChI=1S/C10H11ClN4OS/c1-15-10(12-13-14-15)17-6-7-3-4-8(16-2)5-9(7)11/h3-5H,6H2,1-2H3. The maximum atomic E-state index is 6.14. The molecule has 0 amide bonds. The first-order valence-corrected chi connectivity index (χ1v) is 6.24. The van der Waals surface area contributed by atoms with E-state index in [9.17, 15) is 0 Å². The fraction of sp³-hybridized carbons (Fsp3) is 0.300. The third-order valence-electron chi connectivity index (χ3n) is 2.20. The number of tetrazole rings is 1. The van der Waals surface area contributed by atoms with Crippen molar-refractivity contribution in [2.45, 2.75) is 10.9 Å². The van der Waals surface area contributed by atoms with Crippen molar-refractivity contribution < 1.29 is 4.74 Å². The molecule has 0 radical (unpaired) electrons. The van der Waals surface area contributed by atoms with Crippen LogP contribution in [0.4, 0.5) is 0 Å². The summed E-state index contributed by atoms with van der Waals surface area (Å²) >= 11 is 7.67. The third-order valence-corrected chi connectivity index (χ3v) is 3.61. The van der Waals surface area contributed by atoms with Gasteiger partial charge in [-0.15, -0.1) is 5.10 Å². The molecule has 7 heteroatoms. The molecule has 1 heterocycles. The molecular weight excluding hydrogens is 260 g/mol. The Morgan fingerprint density at radius 1 is 1.47 bits per heavy atom.